The summed E-state index contributed by atoms with van der Waals surface area (Å²) in [4.78, 5) is 14.7. The van der Waals surface area contributed by atoms with Gasteiger partial charge in [-0.3, -0.25) is 9.69 Å². The zero-order valence-corrected chi connectivity index (χ0v) is 9.16. The maximum absolute atomic E-state index is 10.7. The summed E-state index contributed by atoms with van der Waals surface area (Å²) >= 11 is 6.72. The Morgan fingerprint density at radius 1 is 1.77 bits per heavy atom. The number of carbonyl (C=O) groups excluding carboxylic acids is 1. The van der Waals surface area contributed by atoms with Crippen molar-refractivity contribution >= 4 is 34.2 Å². The van der Waals surface area contributed by atoms with E-state index >= 15 is 0 Å². The summed E-state index contributed by atoms with van der Waals surface area (Å²) in [6, 6.07) is 0. The van der Waals surface area contributed by atoms with Crippen LogP contribution in [0.25, 0.3) is 0 Å². The van der Waals surface area contributed by atoms with Crippen molar-refractivity contribution in [3.8, 4) is 0 Å². The molecule has 2 N–H and O–H groups in total. The molecule has 0 bridgehead atoms. The van der Waals surface area contributed by atoms with Crippen LogP contribution in [0.2, 0.25) is 0 Å². The number of primary amides is 1. The van der Waals surface area contributed by atoms with Gasteiger partial charge in [-0.2, -0.15) is 0 Å². The van der Waals surface area contributed by atoms with Gasteiger partial charge < -0.3 is 10.6 Å². The first-order chi connectivity index (χ1) is 6.13. The summed E-state index contributed by atoms with van der Waals surface area (Å²) in [6.07, 6.45) is 0. The van der Waals surface area contributed by atoms with E-state index < -0.39 is 0 Å². The third kappa shape index (κ3) is 3.13. The largest absolute Gasteiger partial charge is 0.369 e. The van der Waals surface area contributed by atoms with Crippen molar-refractivity contribution in [3.05, 3.63) is 0 Å². The van der Waals surface area contributed by atoms with Gasteiger partial charge in [0.05, 0.1) is 19.1 Å². The van der Waals surface area contributed by atoms with E-state index in [1.54, 1.807) is 11.8 Å². The molecule has 0 saturated carbocycles. The third-order valence-corrected chi connectivity index (χ3v) is 3.37. The molecule has 1 heterocycles. The lowest BCUT2D eigenvalue weighted by molar-refractivity contribution is -0.119. The van der Waals surface area contributed by atoms with Crippen LogP contribution in [-0.4, -0.2) is 45.7 Å². The van der Waals surface area contributed by atoms with Gasteiger partial charge in [0.15, 0.2) is 0 Å². The van der Waals surface area contributed by atoms with E-state index in [9.17, 15) is 4.79 Å². The van der Waals surface area contributed by atoms with Crippen molar-refractivity contribution in [3.63, 3.8) is 0 Å². The summed E-state index contributed by atoms with van der Waals surface area (Å²) in [7, 11) is 0. The van der Waals surface area contributed by atoms with Crippen LogP contribution in [0.5, 0.6) is 0 Å². The van der Waals surface area contributed by atoms with Gasteiger partial charge in [-0.1, -0.05) is 24.0 Å². The lowest BCUT2D eigenvalue weighted by Gasteiger charge is -2.35. The van der Waals surface area contributed by atoms with E-state index in [4.69, 9.17) is 18.0 Å². The highest BCUT2D eigenvalue weighted by Crippen LogP contribution is 2.17. The molecule has 0 atom stereocenters. The molecule has 0 aromatic rings. The first-order valence-electron chi connectivity index (χ1n) is 4.06. The highest BCUT2D eigenvalue weighted by molar-refractivity contribution is 8.22. The smallest absolute Gasteiger partial charge is 0.231 e. The molecule has 1 saturated heterocycles. The quantitative estimate of drug-likeness (QED) is 0.679. The second kappa shape index (κ2) is 4.78. The second-order valence-electron chi connectivity index (χ2n) is 2.83. The van der Waals surface area contributed by atoms with Crippen LogP contribution in [-0.2, 0) is 4.79 Å². The summed E-state index contributed by atoms with van der Waals surface area (Å²) in [5.74, 6) is 0.475. The zero-order chi connectivity index (χ0) is 9.84. The maximum Gasteiger partial charge on any atom is 0.231 e. The lowest BCUT2D eigenvalue weighted by atomic mass is 10.5. The van der Waals surface area contributed by atoms with Crippen LogP contribution in [0.4, 0.5) is 0 Å². The Labute approximate surface area is 87.4 Å². The van der Waals surface area contributed by atoms with Gasteiger partial charge >= 0.3 is 0 Å². The van der Waals surface area contributed by atoms with Gasteiger partial charge in [0.2, 0.25) is 5.91 Å². The topological polar surface area (TPSA) is 49.6 Å². The molecule has 0 spiro atoms. The van der Waals surface area contributed by atoms with Gasteiger partial charge in [-0.05, 0) is 6.92 Å². The molecular formula is C7H13N3OS2. The molecule has 0 unspecified atom stereocenters. The Kier molecular flexibility index (Phi) is 3.95. The number of amides is 1. The molecule has 0 aromatic carbocycles. The predicted octanol–water partition coefficient (Wildman–Crippen LogP) is 0.0423. The molecule has 13 heavy (non-hydrogen) atoms. The minimum absolute atomic E-state index is 0.288. The number of nitrogens with two attached hydrogens (primary N) is 1. The highest BCUT2D eigenvalue weighted by atomic mass is 32.2. The number of hydrogen-bond acceptors (Lipinski definition) is 4. The Morgan fingerprint density at radius 2 is 2.46 bits per heavy atom. The average molecular weight is 219 g/mol. The van der Waals surface area contributed by atoms with Crippen LogP contribution in [0.15, 0.2) is 0 Å². The number of rotatable bonds is 3. The Hall–Kier alpha value is -0.330. The van der Waals surface area contributed by atoms with Crippen molar-refractivity contribution in [1.29, 1.82) is 0 Å². The van der Waals surface area contributed by atoms with Crippen molar-refractivity contribution in [2.75, 3.05) is 25.6 Å². The maximum atomic E-state index is 10.7. The summed E-state index contributed by atoms with van der Waals surface area (Å²) in [6.45, 7) is 3.94. The van der Waals surface area contributed by atoms with Crippen LogP contribution < -0.4 is 5.73 Å². The fraction of sp³-hybridized carbons (Fsp3) is 0.714. The molecule has 6 heteroatoms. The van der Waals surface area contributed by atoms with E-state index in [1.165, 1.54) is 0 Å². The summed E-state index contributed by atoms with van der Waals surface area (Å²) < 4.78 is 0.906. The molecule has 1 amide bonds. The van der Waals surface area contributed by atoms with Crippen LogP contribution >= 0.6 is 24.0 Å². The van der Waals surface area contributed by atoms with Crippen molar-refractivity contribution < 1.29 is 4.79 Å². The van der Waals surface area contributed by atoms with Gasteiger partial charge in [0, 0.05) is 6.54 Å². The van der Waals surface area contributed by atoms with E-state index in [0.717, 1.165) is 16.7 Å². The lowest BCUT2D eigenvalue weighted by Crippen LogP contribution is -2.47. The predicted molar refractivity (Wildman–Crippen MR) is 58.2 cm³/mol. The van der Waals surface area contributed by atoms with Crippen LogP contribution in [0.1, 0.15) is 6.92 Å². The fourth-order valence-electron chi connectivity index (χ4n) is 1.12. The number of hydrogen-bond donors (Lipinski definition) is 1. The van der Waals surface area contributed by atoms with E-state index in [-0.39, 0.29) is 5.91 Å². The van der Waals surface area contributed by atoms with Crippen LogP contribution in [0.3, 0.4) is 0 Å². The number of thiocarbonyl (C=S) groups is 1. The Balaban J connectivity index is 2.44. The van der Waals surface area contributed by atoms with Crippen LogP contribution in [0, 0.1) is 0 Å². The van der Waals surface area contributed by atoms with Gasteiger partial charge in [-0.25, -0.2) is 0 Å². The minimum atomic E-state index is -0.288. The SMILES string of the molecule is CCN1CN(CC(N)=O)CSC1=S. The first kappa shape index (κ1) is 10.7. The molecule has 1 aliphatic rings. The van der Waals surface area contributed by atoms with E-state index in [1.807, 2.05) is 16.7 Å². The third-order valence-electron chi connectivity index (χ3n) is 1.76. The van der Waals surface area contributed by atoms with Crippen molar-refractivity contribution in [1.82, 2.24) is 9.80 Å². The Morgan fingerprint density at radius 3 is 3.00 bits per heavy atom. The molecule has 74 valence electrons. The monoisotopic (exact) mass is 219 g/mol. The molecule has 4 nitrogen and oxygen atoms in total. The molecule has 1 aliphatic heterocycles. The van der Waals surface area contributed by atoms with Crippen molar-refractivity contribution in [2.45, 2.75) is 6.92 Å². The average Bonchev–Trinajstić information content (AvgIpc) is 2.07. The Bertz CT molecular complexity index is 222. The normalized spacial score (nSPS) is 19.2. The van der Waals surface area contributed by atoms with Crippen molar-refractivity contribution in [2.24, 2.45) is 5.73 Å². The number of nitrogens with zero attached hydrogens (tertiary/aromatic N) is 2. The van der Waals surface area contributed by atoms with E-state index in [0.29, 0.717) is 13.2 Å². The van der Waals surface area contributed by atoms with Gasteiger partial charge in [0.1, 0.15) is 4.32 Å². The standard InChI is InChI=1S/C7H13N3OS2/c1-2-10-4-9(3-6(8)11)5-13-7(10)12/h2-5H2,1H3,(H2,8,11). The second-order valence-corrected chi connectivity index (χ2v) is 4.41. The molecule has 0 radical (unpaired) electrons. The fourth-order valence-corrected chi connectivity index (χ4v) is 2.30. The minimum Gasteiger partial charge on any atom is -0.369 e. The first-order valence-corrected chi connectivity index (χ1v) is 5.45. The molecule has 1 fully saturated rings. The molecule has 0 aliphatic carbocycles. The summed E-state index contributed by atoms with van der Waals surface area (Å²) in [5, 5.41) is 0. The molecule has 0 aromatic heterocycles. The van der Waals surface area contributed by atoms with Gasteiger partial charge in [-0.15, -0.1) is 0 Å². The van der Waals surface area contributed by atoms with Gasteiger partial charge in [0.25, 0.3) is 0 Å². The number of carbonyl (C=O) groups is 1. The highest BCUT2D eigenvalue weighted by Gasteiger charge is 2.20. The van der Waals surface area contributed by atoms with E-state index in [2.05, 4.69) is 0 Å². The summed E-state index contributed by atoms with van der Waals surface area (Å²) in [5.41, 5.74) is 5.10. The zero-order valence-electron chi connectivity index (χ0n) is 7.52. The molecular weight excluding hydrogens is 206 g/mol. The number of thioether (sulfide) groups is 1. The molecule has 1 rings (SSSR count).